The first-order valence-electron chi connectivity index (χ1n) is 6.85. The Morgan fingerprint density at radius 1 is 0.944 bits per heavy atom. The highest BCUT2D eigenvalue weighted by Crippen LogP contribution is 2.25. The van der Waals surface area contributed by atoms with E-state index in [4.69, 9.17) is 0 Å². The summed E-state index contributed by atoms with van der Waals surface area (Å²) in [6.07, 6.45) is 8.18. The van der Waals surface area contributed by atoms with Crippen LogP contribution in [0.1, 0.15) is 26.2 Å². The Bertz CT molecular complexity index is 484. The van der Waals surface area contributed by atoms with Crippen molar-refractivity contribution in [2.45, 2.75) is 32.2 Å². The van der Waals surface area contributed by atoms with E-state index in [-0.39, 0.29) is 0 Å². The van der Waals surface area contributed by atoms with Gasteiger partial charge in [-0.1, -0.05) is 0 Å². The predicted molar refractivity (Wildman–Crippen MR) is 76.4 cm³/mol. The smallest absolute Gasteiger partial charge is 0.0450 e. The minimum atomic E-state index is 0.677. The molecule has 2 heterocycles. The van der Waals surface area contributed by atoms with Gasteiger partial charge in [0, 0.05) is 36.4 Å². The number of anilines is 1. The molecule has 1 fully saturated rings. The number of nitrogens with zero attached hydrogens (tertiary/aromatic N) is 2. The highest BCUT2D eigenvalue weighted by atomic mass is 15.2. The van der Waals surface area contributed by atoms with Crippen LogP contribution in [-0.4, -0.2) is 17.2 Å². The molecule has 1 aromatic heterocycles. The minimum absolute atomic E-state index is 0.677. The number of aromatic nitrogens is 1. The second kappa shape index (κ2) is 4.89. The molecule has 0 bridgehead atoms. The van der Waals surface area contributed by atoms with Crippen LogP contribution < -0.4 is 4.90 Å². The van der Waals surface area contributed by atoms with Crippen LogP contribution in [0.2, 0.25) is 0 Å². The first-order chi connectivity index (χ1) is 8.84. The third-order valence-corrected chi connectivity index (χ3v) is 3.89. The van der Waals surface area contributed by atoms with Gasteiger partial charge in [0.1, 0.15) is 0 Å². The van der Waals surface area contributed by atoms with E-state index in [9.17, 15) is 0 Å². The van der Waals surface area contributed by atoms with Crippen molar-refractivity contribution in [3.8, 4) is 5.69 Å². The minimum Gasteiger partial charge on any atom is -0.369 e. The van der Waals surface area contributed by atoms with Gasteiger partial charge in [-0.05, 0) is 62.6 Å². The molecule has 1 aliphatic rings. The summed E-state index contributed by atoms with van der Waals surface area (Å²) in [5.74, 6) is 0. The highest BCUT2D eigenvalue weighted by molar-refractivity contribution is 5.52. The fourth-order valence-corrected chi connectivity index (χ4v) is 2.80. The van der Waals surface area contributed by atoms with Gasteiger partial charge in [-0.15, -0.1) is 0 Å². The Morgan fingerprint density at radius 2 is 1.61 bits per heavy atom. The van der Waals surface area contributed by atoms with E-state index in [0.717, 1.165) is 0 Å². The molecule has 0 N–H and O–H groups in total. The van der Waals surface area contributed by atoms with Crippen molar-refractivity contribution < 1.29 is 0 Å². The maximum Gasteiger partial charge on any atom is 0.0450 e. The Labute approximate surface area is 109 Å². The van der Waals surface area contributed by atoms with E-state index in [1.807, 2.05) is 0 Å². The van der Waals surface area contributed by atoms with Crippen LogP contribution in [-0.2, 0) is 0 Å². The highest BCUT2D eigenvalue weighted by Gasteiger charge is 2.18. The molecular weight excluding hydrogens is 220 g/mol. The molecule has 1 saturated heterocycles. The number of benzene rings is 1. The molecule has 18 heavy (non-hydrogen) atoms. The first-order valence-corrected chi connectivity index (χ1v) is 6.85. The zero-order chi connectivity index (χ0) is 12.4. The molecule has 0 aliphatic carbocycles. The third-order valence-electron chi connectivity index (χ3n) is 3.89. The monoisotopic (exact) mass is 240 g/mol. The molecule has 0 amide bonds. The van der Waals surface area contributed by atoms with Gasteiger partial charge in [0.2, 0.25) is 0 Å². The molecule has 94 valence electrons. The average molecular weight is 240 g/mol. The summed E-state index contributed by atoms with van der Waals surface area (Å²) < 4.78 is 2.14. The fourth-order valence-electron chi connectivity index (χ4n) is 2.80. The van der Waals surface area contributed by atoms with E-state index in [1.54, 1.807) is 0 Å². The lowest BCUT2D eigenvalue weighted by atomic mass is 10.0. The van der Waals surface area contributed by atoms with Crippen LogP contribution in [0.4, 0.5) is 5.69 Å². The van der Waals surface area contributed by atoms with Crippen molar-refractivity contribution in [2.75, 3.05) is 11.4 Å². The zero-order valence-corrected chi connectivity index (χ0v) is 10.9. The second-order valence-electron chi connectivity index (χ2n) is 5.14. The maximum absolute atomic E-state index is 2.53. The molecule has 0 spiro atoms. The van der Waals surface area contributed by atoms with Crippen molar-refractivity contribution in [2.24, 2.45) is 0 Å². The summed E-state index contributed by atoms with van der Waals surface area (Å²) in [5, 5.41) is 0. The van der Waals surface area contributed by atoms with Crippen LogP contribution >= 0.6 is 0 Å². The standard InChI is InChI=1S/C16H20N2/c1-14-6-2-3-13-18(14)16-9-7-15(8-10-16)17-11-4-5-12-17/h4-5,7-12,14H,2-3,6,13H2,1H3. The quantitative estimate of drug-likeness (QED) is 0.774. The molecule has 2 heteroatoms. The molecule has 3 rings (SSSR count). The van der Waals surface area contributed by atoms with Crippen molar-refractivity contribution >= 4 is 5.69 Å². The second-order valence-corrected chi connectivity index (χ2v) is 5.14. The van der Waals surface area contributed by atoms with Crippen LogP contribution in [0.3, 0.4) is 0 Å². The van der Waals surface area contributed by atoms with Crippen LogP contribution in [0, 0.1) is 0 Å². The molecule has 1 aliphatic heterocycles. The predicted octanol–water partition coefficient (Wildman–Crippen LogP) is 3.86. The van der Waals surface area contributed by atoms with Crippen LogP contribution in [0.25, 0.3) is 5.69 Å². The Kier molecular flexibility index (Phi) is 3.09. The summed E-state index contributed by atoms with van der Waals surface area (Å²) in [6.45, 7) is 3.53. The van der Waals surface area contributed by atoms with Gasteiger partial charge >= 0.3 is 0 Å². The van der Waals surface area contributed by atoms with E-state index in [2.05, 4.69) is 65.2 Å². The fraction of sp³-hybridized carbons (Fsp3) is 0.375. The van der Waals surface area contributed by atoms with E-state index in [1.165, 1.54) is 37.2 Å². The molecule has 1 unspecified atom stereocenters. The summed E-state index contributed by atoms with van der Waals surface area (Å²) >= 11 is 0. The molecule has 0 radical (unpaired) electrons. The molecule has 2 nitrogen and oxygen atoms in total. The Morgan fingerprint density at radius 3 is 2.28 bits per heavy atom. The van der Waals surface area contributed by atoms with E-state index in [0.29, 0.717) is 6.04 Å². The van der Waals surface area contributed by atoms with Gasteiger partial charge in [0.25, 0.3) is 0 Å². The first kappa shape index (κ1) is 11.4. The lowest BCUT2D eigenvalue weighted by molar-refractivity contribution is 0.485. The number of hydrogen-bond acceptors (Lipinski definition) is 1. The lowest BCUT2D eigenvalue weighted by Gasteiger charge is -2.35. The van der Waals surface area contributed by atoms with Gasteiger partial charge in [0.05, 0.1) is 0 Å². The maximum atomic E-state index is 2.53. The molecule has 2 aromatic rings. The Balaban J connectivity index is 1.82. The topological polar surface area (TPSA) is 8.17 Å². The number of hydrogen-bond donors (Lipinski definition) is 0. The lowest BCUT2D eigenvalue weighted by Crippen LogP contribution is -2.37. The van der Waals surface area contributed by atoms with Crippen molar-refractivity contribution in [3.63, 3.8) is 0 Å². The van der Waals surface area contributed by atoms with Crippen LogP contribution in [0.15, 0.2) is 48.8 Å². The molecular formula is C16H20N2. The van der Waals surface area contributed by atoms with Gasteiger partial charge in [-0.2, -0.15) is 0 Å². The largest absolute Gasteiger partial charge is 0.369 e. The van der Waals surface area contributed by atoms with Crippen molar-refractivity contribution in [1.82, 2.24) is 4.57 Å². The van der Waals surface area contributed by atoms with Crippen molar-refractivity contribution in [3.05, 3.63) is 48.8 Å². The SMILES string of the molecule is CC1CCCCN1c1ccc(-n2cccc2)cc1. The zero-order valence-electron chi connectivity index (χ0n) is 10.9. The summed E-state index contributed by atoms with van der Waals surface area (Å²) in [5.41, 5.74) is 2.59. The Hall–Kier alpha value is -1.70. The normalized spacial score (nSPS) is 20.1. The van der Waals surface area contributed by atoms with Gasteiger partial charge in [-0.25, -0.2) is 0 Å². The van der Waals surface area contributed by atoms with E-state index >= 15 is 0 Å². The van der Waals surface area contributed by atoms with E-state index < -0.39 is 0 Å². The summed E-state index contributed by atoms with van der Waals surface area (Å²) in [6, 6.07) is 13.7. The number of piperidine rings is 1. The molecule has 0 saturated carbocycles. The summed E-state index contributed by atoms with van der Waals surface area (Å²) in [4.78, 5) is 2.53. The van der Waals surface area contributed by atoms with Crippen LogP contribution in [0.5, 0.6) is 0 Å². The molecule has 1 atom stereocenters. The van der Waals surface area contributed by atoms with Gasteiger partial charge < -0.3 is 9.47 Å². The summed E-state index contributed by atoms with van der Waals surface area (Å²) in [7, 11) is 0. The molecule has 1 aromatic carbocycles. The van der Waals surface area contributed by atoms with Gasteiger partial charge in [-0.3, -0.25) is 0 Å². The van der Waals surface area contributed by atoms with Gasteiger partial charge in [0.15, 0.2) is 0 Å². The average Bonchev–Trinajstić information content (AvgIpc) is 2.94. The number of rotatable bonds is 2. The third kappa shape index (κ3) is 2.15. The van der Waals surface area contributed by atoms with Crippen molar-refractivity contribution in [1.29, 1.82) is 0 Å².